The molecule has 0 saturated carbocycles. The smallest absolute Gasteiger partial charge is 0.310 e. The summed E-state index contributed by atoms with van der Waals surface area (Å²) in [5.41, 5.74) is 0.785. The minimum absolute atomic E-state index is 0.124. The van der Waals surface area contributed by atoms with Crippen molar-refractivity contribution in [1.29, 1.82) is 0 Å². The van der Waals surface area contributed by atoms with E-state index in [1.54, 1.807) is 37.3 Å². The summed E-state index contributed by atoms with van der Waals surface area (Å²) in [5.74, 6) is 0.697. The number of ether oxygens (including phenoxy) is 3. The zero-order valence-corrected chi connectivity index (χ0v) is 14.3. The van der Waals surface area contributed by atoms with E-state index >= 15 is 0 Å². The fourth-order valence-corrected chi connectivity index (χ4v) is 2.76. The molecule has 24 heavy (non-hydrogen) atoms. The van der Waals surface area contributed by atoms with Gasteiger partial charge in [0.05, 0.1) is 27.2 Å². The summed E-state index contributed by atoms with van der Waals surface area (Å²) in [5, 5.41) is 0. The molecular formula is C18H23NO5. The predicted octanol–water partition coefficient (Wildman–Crippen LogP) is 2.13. The average Bonchev–Trinajstić information content (AvgIpc) is 2.65. The van der Waals surface area contributed by atoms with E-state index in [1.807, 2.05) is 6.07 Å². The van der Waals surface area contributed by atoms with Gasteiger partial charge in [-0.15, -0.1) is 0 Å². The zero-order valence-electron chi connectivity index (χ0n) is 14.3. The summed E-state index contributed by atoms with van der Waals surface area (Å²) in [6, 6.07) is 5.40. The summed E-state index contributed by atoms with van der Waals surface area (Å²) in [6.07, 6.45) is 4.77. The highest BCUT2D eigenvalue weighted by atomic mass is 16.5. The van der Waals surface area contributed by atoms with Crippen molar-refractivity contribution in [3.63, 3.8) is 0 Å². The summed E-state index contributed by atoms with van der Waals surface area (Å²) in [6.45, 7) is 1.05. The highest BCUT2D eigenvalue weighted by molar-refractivity contribution is 5.92. The average molecular weight is 333 g/mol. The lowest BCUT2D eigenvalue weighted by molar-refractivity contribution is -0.148. The first kappa shape index (κ1) is 17.8. The maximum absolute atomic E-state index is 12.4. The third-order valence-corrected chi connectivity index (χ3v) is 4.11. The molecule has 6 nitrogen and oxygen atoms in total. The van der Waals surface area contributed by atoms with Crippen molar-refractivity contribution in [2.24, 2.45) is 5.92 Å². The second kappa shape index (κ2) is 8.38. The first-order valence-electron chi connectivity index (χ1n) is 7.86. The summed E-state index contributed by atoms with van der Waals surface area (Å²) >= 11 is 0. The van der Waals surface area contributed by atoms with Crippen LogP contribution in [0.1, 0.15) is 18.4 Å². The van der Waals surface area contributed by atoms with Crippen LogP contribution in [0.4, 0.5) is 0 Å². The van der Waals surface area contributed by atoms with Gasteiger partial charge in [-0.05, 0) is 31.1 Å². The highest BCUT2D eigenvalue weighted by Crippen LogP contribution is 2.26. The van der Waals surface area contributed by atoms with Gasteiger partial charge in [-0.1, -0.05) is 0 Å². The third-order valence-electron chi connectivity index (χ3n) is 4.11. The molecule has 1 fully saturated rings. The Hall–Kier alpha value is -2.50. The van der Waals surface area contributed by atoms with Crippen LogP contribution < -0.4 is 9.47 Å². The molecule has 1 saturated heterocycles. The fraction of sp³-hybridized carbons (Fsp3) is 0.444. The van der Waals surface area contributed by atoms with Crippen LogP contribution in [-0.4, -0.2) is 51.2 Å². The summed E-state index contributed by atoms with van der Waals surface area (Å²) in [4.78, 5) is 25.7. The first-order chi connectivity index (χ1) is 11.6. The van der Waals surface area contributed by atoms with Crippen LogP contribution in [0.15, 0.2) is 24.3 Å². The van der Waals surface area contributed by atoms with Crippen molar-refractivity contribution >= 4 is 18.0 Å². The molecule has 0 N–H and O–H groups in total. The standard InChI is InChI=1S/C18H23NO5/c1-22-15-8-6-13(16(11-15)23-2)7-9-17(20)19-10-4-5-14(12-19)18(21)24-3/h6-9,11,14H,4-5,10,12H2,1-3H3/b9-7+. The lowest BCUT2D eigenvalue weighted by atomic mass is 9.98. The van der Waals surface area contributed by atoms with Gasteiger partial charge in [-0.2, -0.15) is 0 Å². The Labute approximate surface area is 142 Å². The first-order valence-corrected chi connectivity index (χ1v) is 7.86. The topological polar surface area (TPSA) is 65.1 Å². The van der Waals surface area contributed by atoms with Crippen molar-refractivity contribution in [3.05, 3.63) is 29.8 Å². The van der Waals surface area contributed by atoms with E-state index in [0.29, 0.717) is 24.6 Å². The quantitative estimate of drug-likeness (QED) is 0.610. The van der Waals surface area contributed by atoms with Gasteiger partial charge in [0, 0.05) is 30.8 Å². The molecule has 0 aromatic heterocycles. The predicted molar refractivity (Wildman–Crippen MR) is 89.9 cm³/mol. The SMILES string of the molecule is COC(=O)C1CCCN(C(=O)/C=C/c2ccc(OC)cc2OC)C1. The Bertz CT molecular complexity index is 626. The maximum atomic E-state index is 12.4. The maximum Gasteiger partial charge on any atom is 0.310 e. The number of methoxy groups -OCH3 is 3. The number of piperidine rings is 1. The number of carbonyl (C=O) groups excluding carboxylic acids is 2. The second-order valence-corrected chi connectivity index (χ2v) is 5.59. The minimum Gasteiger partial charge on any atom is -0.497 e. The van der Waals surface area contributed by atoms with Crippen molar-refractivity contribution in [2.45, 2.75) is 12.8 Å². The van der Waals surface area contributed by atoms with Gasteiger partial charge < -0.3 is 19.1 Å². The number of hydrogen-bond donors (Lipinski definition) is 0. The van der Waals surface area contributed by atoms with Crippen LogP contribution >= 0.6 is 0 Å². The number of nitrogens with zero attached hydrogens (tertiary/aromatic N) is 1. The van der Waals surface area contributed by atoms with Crippen molar-refractivity contribution in [1.82, 2.24) is 4.90 Å². The Kier molecular flexibility index (Phi) is 6.23. The molecule has 130 valence electrons. The molecular weight excluding hydrogens is 310 g/mol. The van der Waals surface area contributed by atoms with Gasteiger partial charge in [0.2, 0.25) is 5.91 Å². The van der Waals surface area contributed by atoms with Gasteiger partial charge in [-0.25, -0.2) is 0 Å². The van der Waals surface area contributed by atoms with Crippen molar-refractivity contribution in [3.8, 4) is 11.5 Å². The number of benzene rings is 1. The van der Waals surface area contributed by atoms with E-state index in [1.165, 1.54) is 13.2 Å². The summed E-state index contributed by atoms with van der Waals surface area (Å²) < 4.78 is 15.2. The molecule has 1 unspecified atom stereocenters. The van der Waals surface area contributed by atoms with Gasteiger partial charge in [0.25, 0.3) is 0 Å². The minimum atomic E-state index is -0.256. The lowest BCUT2D eigenvalue weighted by Gasteiger charge is -2.30. The van der Waals surface area contributed by atoms with E-state index in [4.69, 9.17) is 14.2 Å². The van der Waals surface area contributed by atoms with Crippen LogP contribution in [0, 0.1) is 5.92 Å². The largest absolute Gasteiger partial charge is 0.497 e. The Morgan fingerprint density at radius 3 is 2.67 bits per heavy atom. The number of rotatable bonds is 5. The fourth-order valence-electron chi connectivity index (χ4n) is 2.76. The molecule has 1 aromatic rings. The second-order valence-electron chi connectivity index (χ2n) is 5.59. The lowest BCUT2D eigenvalue weighted by Crippen LogP contribution is -2.41. The highest BCUT2D eigenvalue weighted by Gasteiger charge is 2.28. The van der Waals surface area contributed by atoms with E-state index in [0.717, 1.165) is 18.4 Å². The number of esters is 1. The van der Waals surface area contributed by atoms with Crippen molar-refractivity contribution < 1.29 is 23.8 Å². The molecule has 1 heterocycles. The Balaban J connectivity index is 2.06. The number of likely N-dealkylation sites (tertiary alicyclic amines) is 1. The van der Waals surface area contributed by atoms with Crippen LogP contribution in [-0.2, 0) is 14.3 Å². The van der Waals surface area contributed by atoms with E-state index in [9.17, 15) is 9.59 Å². The molecule has 0 bridgehead atoms. The van der Waals surface area contributed by atoms with E-state index in [-0.39, 0.29) is 17.8 Å². The van der Waals surface area contributed by atoms with Gasteiger partial charge in [0.1, 0.15) is 11.5 Å². The van der Waals surface area contributed by atoms with E-state index < -0.39 is 0 Å². The van der Waals surface area contributed by atoms with Crippen LogP contribution in [0.2, 0.25) is 0 Å². The van der Waals surface area contributed by atoms with Gasteiger partial charge in [-0.3, -0.25) is 9.59 Å². The van der Waals surface area contributed by atoms with Crippen LogP contribution in [0.3, 0.4) is 0 Å². The normalized spacial score (nSPS) is 17.6. The molecule has 2 rings (SSSR count). The Morgan fingerprint density at radius 2 is 2.00 bits per heavy atom. The number of amides is 1. The molecule has 6 heteroatoms. The molecule has 0 aliphatic carbocycles. The Morgan fingerprint density at radius 1 is 1.21 bits per heavy atom. The molecule has 1 aliphatic rings. The van der Waals surface area contributed by atoms with Crippen molar-refractivity contribution in [2.75, 3.05) is 34.4 Å². The number of carbonyl (C=O) groups is 2. The third kappa shape index (κ3) is 4.28. The van der Waals surface area contributed by atoms with Gasteiger partial charge >= 0.3 is 5.97 Å². The number of hydrogen-bond acceptors (Lipinski definition) is 5. The molecule has 1 aliphatic heterocycles. The molecule has 0 radical (unpaired) electrons. The monoisotopic (exact) mass is 333 g/mol. The van der Waals surface area contributed by atoms with E-state index in [2.05, 4.69) is 0 Å². The molecule has 1 atom stereocenters. The summed E-state index contributed by atoms with van der Waals surface area (Å²) in [7, 11) is 4.53. The molecule has 0 spiro atoms. The molecule has 1 aromatic carbocycles. The molecule has 1 amide bonds. The van der Waals surface area contributed by atoms with Crippen LogP contribution in [0.25, 0.3) is 6.08 Å². The zero-order chi connectivity index (χ0) is 17.5. The van der Waals surface area contributed by atoms with Crippen LogP contribution in [0.5, 0.6) is 11.5 Å². The van der Waals surface area contributed by atoms with Gasteiger partial charge in [0.15, 0.2) is 0 Å².